The molecule has 0 bridgehead atoms. The number of carbonyl (C=O) groups excluding carboxylic acids is 1. The largest absolute Gasteiger partial charge is 0.508 e. The summed E-state index contributed by atoms with van der Waals surface area (Å²) in [5, 5.41) is 10.3. The number of hydrogen-bond acceptors (Lipinski definition) is 5. The summed E-state index contributed by atoms with van der Waals surface area (Å²) in [6.45, 7) is 18.3. The molecule has 3 aromatic carbocycles. The SMILES string of the molecule is CC(C)(C)[Si](C)(C)O[C@@H](CCC1C(=O)N(c2ccc(F)cc2)[C@@H]1c1ccc(O)cc1OCOCC[Si](C)(C)C)c1ccc(F)cc1. The number of hydrogen-bond donors (Lipinski definition) is 1. The molecule has 1 N–H and O–H groups in total. The normalized spacial score (nSPS) is 18.0. The fourth-order valence-electron chi connectivity index (χ4n) is 5.34. The average Bonchev–Trinajstić information content (AvgIpc) is 2.96. The van der Waals surface area contributed by atoms with Crippen molar-refractivity contribution >= 4 is 28.0 Å². The zero-order chi connectivity index (χ0) is 33.9. The van der Waals surface area contributed by atoms with Crippen LogP contribution >= 0.6 is 0 Å². The summed E-state index contributed by atoms with van der Waals surface area (Å²) in [5.74, 6) is -0.768. The highest BCUT2D eigenvalue weighted by molar-refractivity contribution is 6.76. The quantitative estimate of drug-likeness (QED) is 0.0802. The number of ether oxygens (including phenoxy) is 2. The first-order valence-corrected chi connectivity index (χ1v) is 22.6. The zero-order valence-electron chi connectivity index (χ0n) is 28.4. The number of amides is 1. The summed E-state index contributed by atoms with van der Waals surface area (Å²) in [6.07, 6.45) is 0.700. The Labute approximate surface area is 274 Å². The molecule has 0 aliphatic carbocycles. The number of β-lactam (4-membered cyclic amide) rings is 1. The van der Waals surface area contributed by atoms with Crippen LogP contribution in [0.15, 0.2) is 66.7 Å². The topological polar surface area (TPSA) is 68.2 Å². The number of benzene rings is 3. The van der Waals surface area contributed by atoms with E-state index in [9.17, 15) is 18.7 Å². The van der Waals surface area contributed by atoms with Crippen molar-refractivity contribution < 1.29 is 32.6 Å². The Hall–Kier alpha value is -3.06. The third-order valence-electron chi connectivity index (χ3n) is 9.15. The highest BCUT2D eigenvalue weighted by atomic mass is 28.4. The van der Waals surface area contributed by atoms with E-state index in [1.54, 1.807) is 47.4 Å². The average molecular weight is 670 g/mol. The predicted molar refractivity (Wildman–Crippen MR) is 184 cm³/mol. The van der Waals surface area contributed by atoms with Gasteiger partial charge in [-0.25, -0.2) is 8.78 Å². The van der Waals surface area contributed by atoms with Gasteiger partial charge in [0.05, 0.1) is 18.1 Å². The first-order valence-electron chi connectivity index (χ1n) is 16.0. The molecule has 1 amide bonds. The molecule has 1 aliphatic heterocycles. The zero-order valence-corrected chi connectivity index (χ0v) is 30.4. The lowest BCUT2D eigenvalue weighted by atomic mass is 9.78. The minimum atomic E-state index is -2.23. The predicted octanol–water partition coefficient (Wildman–Crippen LogP) is 9.61. The van der Waals surface area contributed by atoms with Crippen LogP contribution in [0.5, 0.6) is 11.5 Å². The monoisotopic (exact) mass is 669 g/mol. The van der Waals surface area contributed by atoms with E-state index in [0.29, 0.717) is 30.9 Å². The van der Waals surface area contributed by atoms with Crippen LogP contribution in [-0.4, -0.2) is 40.8 Å². The summed E-state index contributed by atoms with van der Waals surface area (Å²) in [4.78, 5) is 15.5. The molecule has 1 aliphatic rings. The summed E-state index contributed by atoms with van der Waals surface area (Å²) >= 11 is 0. The molecule has 1 heterocycles. The van der Waals surface area contributed by atoms with Crippen LogP contribution < -0.4 is 9.64 Å². The second-order valence-corrected chi connectivity index (χ2v) is 25.3. The van der Waals surface area contributed by atoms with Gasteiger partial charge in [-0.2, -0.15) is 0 Å². The van der Waals surface area contributed by atoms with Gasteiger partial charge >= 0.3 is 0 Å². The van der Waals surface area contributed by atoms with Crippen molar-refractivity contribution in [1.29, 1.82) is 0 Å². The number of phenols is 1. The lowest BCUT2D eigenvalue weighted by molar-refractivity contribution is -0.131. The Balaban J connectivity index is 1.63. The molecule has 1 unspecified atom stereocenters. The Morgan fingerprint density at radius 3 is 2.11 bits per heavy atom. The third-order valence-corrected chi connectivity index (χ3v) is 15.3. The second kappa shape index (κ2) is 14.4. The standard InChI is InChI=1S/C36H49F2NO5Si2/c1-36(2,3)46(7,8)44-32(25-9-11-26(37)12-10-25)20-19-31-34(39(35(31)41)28-15-13-27(38)14-16-28)30-18-17-29(40)23-33(30)43-24-42-21-22-45(4,5)6/h9-18,23,31-32,34,40H,19-22,24H2,1-8H3/t31?,32-,34+/m0/s1. The molecule has 0 aromatic heterocycles. The van der Waals surface area contributed by atoms with Gasteiger partial charge < -0.3 is 23.9 Å². The maximum Gasteiger partial charge on any atom is 0.233 e. The summed E-state index contributed by atoms with van der Waals surface area (Å²) in [5.41, 5.74) is 2.17. The van der Waals surface area contributed by atoms with E-state index in [1.807, 2.05) is 0 Å². The number of phenolic OH excluding ortho intramolecular Hbond substituents is 1. The van der Waals surface area contributed by atoms with Crippen LogP contribution in [0.2, 0.25) is 43.8 Å². The fourth-order valence-corrected chi connectivity index (χ4v) is 7.42. The molecule has 0 saturated carbocycles. The Bertz CT molecular complexity index is 1470. The lowest BCUT2D eigenvalue weighted by Gasteiger charge is -2.48. The van der Waals surface area contributed by atoms with Gasteiger partial charge in [0.25, 0.3) is 0 Å². The number of aromatic hydroxyl groups is 1. The Kier molecular flexibility index (Phi) is 11.2. The van der Waals surface area contributed by atoms with Crippen LogP contribution in [0, 0.1) is 17.6 Å². The van der Waals surface area contributed by atoms with Gasteiger partial charge in [0.1, 0.15) is 23.1 Å². The van der Waals surface area contributed by atoms with E-state index in [0.717, 1.165) is 17.2 Å². The molecule has 0 spiro atoms. The number of anilines is 1. The minimum absolute atomic E-state index is 0.00973. The summed E-state index contributed by atoms with van der Waals surface area (Å²) in [6, 6.07) is 17.7. The van der Waals surface area contributed by atoms with Crippen molar-refractivity contribution in [2.75, 3.05) is 18.3 Å². The molecule has 3 aromatic rings. The summed E-state index contributed by atoms with van der Waals surface area (Å²) in [7, 11) is -3.51. The molecule has 1 saturated heterocycles. The van der Waals surface area contributed by atoms with Gasteiger partial charge in [0.2, 0.25) is 5.91 Å². The Morgan fingerprint density at radius 1 is 0.913 bits per heavy atom. The molecular weight excluding hydrogens is 621 g/mol. The maximum atomic E-state index is 13.9. The molecule has 10 heteroatoms. The summed E-state index contributed by atoms with van der Waals surface area (Å²) < 4.78 is 46.5. The van der Waals surface area contributed by atoms with E-state index in [1.165, 1.54) is 24.3 Å². The molecule has 1 fully saturated rings. The van der Waals surface area contributed by atoms with E-state index in [-0.39, 0.29) is 41.2 Å². The molecule has 250 valence electrons. The highest BCUT2D eigenvalue weighted by Gasteiger charge is 2.50. The van der Waals surface area contributed by atoms with E-state index < -0.39 is 28.4 Å². The van der Waals surface area contributed by atoms with Crippen molar-refractivity contribution in [3.8, 4) is 11.5 Å². The van der Waals surface area contributed by atoms with Crippen LogP contribution in [0.4, 0.5) is 14.5 Å². The van der Waals surface area contributed by atoms with Crippen LogP contribution in [0.25, 0.3) is 0 Å². The number of nitrogens with zero attached hydrogens (tertiary/aromatic N) is 1. The molecule has 46 heavy (non-hydrogen) atoms. The van der Waals surface area contributed by atoms with Crippen molar-refractivity contribution in [1.82, 2.24) is 0 Å². The smallest absolute Gasteiger partial charge is 0.233 e. The van der Waals surface area contributed by atoms with Gasteiger partial charge in [0, 0.05) is 32.0 Å². The maximum absolute atomic E-state index is 13.9. The number of rotatable bonds is 14. The van der Waals surface area contributed by atoms with Crippen LogP contribution in [-0.2, 0) is 14.0 Å². The van der Waals surface area contributed by atoms with Crippen molar-refractivity contribution in [3.05, 3.63) is 89.5 Å². The van der Waals surface area contributed by atoms with Crippen LogP contribution in [0.3, 0.4) is 0 Å². The van der Waals surface area contributed by atoms with E-state index in [4.69, 9.17) is 13.9 Å². The molecule has 3 atom stereocenters. The molecular formula is C36H49F2NO5Si2. The van der Waals surface area contributed by atoms with Gasteiger partial charge in [-0.3, -0.25) is 4.79 Å². The van der Waals surface area contributed by atoms with E-state index >= 15 is 0 Å². The first-order chi connectivity index (χ1) is 21.5. The van der Waals surface area contributed by atoms with E-state index in [2.05, 4.69) is 53.5 Å². The van der Waals surface area contributed by atoms with Crippen LogP contribution in [0.1, 0.15) is 56.9 Å². The highest BCUT2D eigenvalue weighted by Crippen LogP contribution is 2.50. The molecule has 0 radical (unpaired) electrons. The molecule has 6 nitrogen and oxygen atoms in total. The third kappa shape index (κ3) is 8.84. The second-order valence-electron chi connectivity index (χ2n) is 14.9. The first kappa shape index (κ1) is 35.8. The number of carbonyl (C=O) groups is 1. The van der Waals surface area contributed by atoms with Gasteiger partial charge in [0.15, 0.2) is 15.1 Å². The van der Waals surface area contributed by atoms with Gasteiger partial charge in [-0.05, 0) is 91.1 Å². The van der Waals surface area contributed by atoms with Crippen molar-refractivity contribution in [3.63, 3.8) is 0 Å². The van der Waals surface area contributed by atoms with Crippen molar-refractivity contribution in [2.45, 2.75) is 89.6 Å². The number of halogens is 2. The lowest BCUT2D eigenvalue weighted by Crippen LogP contribution is -2.55. The minimum Gasteiger partial charge on any atom is -0.508 e. The van der Waals surface area contributed by atoms with Gasteiger partial charge in [-0.1, -0.05) is 52.5 Å². The molecule has 4 rings (SSSR count). The van der Waals surface area contributed by atoms with Gasteiger partial charge in [-0.15, -0.1) is 0 Å². The Morgan fingerprint density at radius 2 is 1.52 bits per heavy atom. The van der Waals surface area contributed by atoms with Crippen molar-refractivity contribution in [2.24, 2.45) is 5.92 Å². The fraction of sp³-hybridized carbons (Fsp3) is 0.472.